The number of phenolic OH excluding ortho intramolecular Hbond substituents is 1. The highest BCUT2D eigenvalue weighted by Crippen LogP contribution is 2.23. The van der Waals surface area contributed by atoms with Gasteiger partial charge in [0.15, 0.2) is 5.78 Å². The predicted octanol–water partition coefficient (Wildman–Crippen LogP) is -0.533. The van der Waals surface area contributed by atoms with E-state index in [1.54, 1.807) is 12.1 Å². The molecule has 2 unspecified atom stereocenters. The maximum absolute atomic E-state index is 12.0. The number of hydrogen-bond acceptors (Lipinski definition) is 5. The fourth-order valence-corrected chi connectivity index (χ4v) is 2.32. The second-order valence-corrected chi connectivity index (χ2v) is 5.11. The zero-order valence-corrected chi connectivity index (χ0v) is 12.0. The van der Waals surface area contributed by atoms with Crippen molar-refractivity contribution in [2.75, 3.05) is 6.61 Å². The molecule has 1 aliphatic rings. The van der Waals surface area contributed by atoms with E-state index in [0.717, 1.165) is 5.56 Å². The summed E-state index contributed by atoms with van der Waals surface area (Å²) < 4.78 is 5.11. The number of hydrogen-bond donors (Lipinski definition) is 3. The van der Waals surface area contributed by atoms with Crippen LogP contribution in [0.5, 0.6) is 5.75 Å². The molecule has 1 saturated heterocycles. The minimum atomic E-state index is -1.82. The summed E-state index contributed by atoms with van der Waals surface area (Å²) in [6, 6.07) is 6.33. The van der Waals surface area contributed by atoms with Gasteiger partial charge < -0.3 is 20.9 Å². The van der Waals surface area contributed by atoms with Gasteiger partial charge in [-0.2, -0.15) is 0 Å². The molecule has 0 aliphatic carbocycles. The first-order chi connectivity index (χ1) is 10.4. The van der Waals surface area contributed by atoms with E-state index in [-0.39, 0.29) is 18.8 Å². The monoisotopic (exact) mass is 305 g/mol. The van der Waals surface area contributed by atoms with Crippen molar-refractivity contribution in [1.82, 2.24) is 5.32 Å². The van der Waals surface area contributed by atoms with Crippen molar-refractivity contribution < 1.29 is 24.2 Å². The summed E-state index contributed by atoms with van der Waals surface area (Å²) in [6.45, 7) is 1.25. The second kappa shape index (κ2) is 6.15. The minimum Gasteiger partial charge on any atom is -0.508 e. The summed E-state index contributed by atoms with van der Waals surface area (Å²) in [5.74, 6) is -1.95. The number of aromatic hydroxyl groups is 1. The van der Waals surface area contributed by atoms with Gasteiger partial charge in [0.05, 0.1) is 12.5 Å². The third kappa shape index (κ3) is 2.94. The molecule has 0 spiro atoms. The van der Waals surface area contributed by atoms with E-state index in [9.17, 15) is 19.5 Å². The number of nitrogens with two attached hydrogens (primary N) is 1. The lowest BCUT2D eigenvalue weighted by atomic mass is 9.89. The number of carbonyl (C=O) groups is 3. The first-order valence-corrected chi connectivity index (χ1v) is 6.74. The summed E-state index contributed by atoms with van der Waals surface area (Å²) in [7, 11) is 0. The van der Waals surface area contributed by atoms with Crippen molar-refractivity contribution in [3.05, 3.63) is 36.2 Å². The van der Waals surface area contributed by atoms with Crippen LogP contribution in [0.1, 0.15) is 12.5 Å². The summed E-state index contributed by atoms with van der Waals surface area (Å²) >= 11 is 0. The van der Waals surface area contributed by atoms with Crippen LogP contribution in [0.25, 0.3) is 0 Å². The fraction of sp³-hybridized carbons (Fsp3) is 0.333. The van der Waals surface area contributed by atoms with E-state index in [1.807, 2.05) is 0 Å². The molecule has 2 rings (SSSR count). The Bertz CT molecular complexity index is 598. The van der Waals surface area contributed by atoms with E-state index >= 15 is 0 Å². The highest BCUT2D eigenvalue weighted by atomic mass is 16.5. The van der Waals surface area contributed by atoms with Crippen molar-refractivity contribution in [2.24, 2.45) is 5.73 Å². The number of amides is 2. The molecule has 1 aromatic carbocycles. The van der Waals surface area contributed by atoms with Crippen LogP contribution >= 0.6 is 0 Å². The largest absolute Gasteiger partial charge is 0.508 e. The number of phenols is 1. The van der Waals surface area contributed by atoms with E-state index < -0.39 is 29.2 Å². The number of primary amides is 1. The maximum atomic E-state index is 12.0. The Hall–Kier alpha value is -2.41. The van der Waals surface area contributed by atoms with Gasteiger partial charge in [-0.05, 0) is 31.0 Å². The molecule has 2 amide bonds. The van der Waals surface area contributed by atoms with Gasteiger partial charge in [-0.15, -0.1) is 0 Å². The summed E-state index contributed by atoms with van der Waals surface area (Å²) in [4.78, 5) is 35.6. The molecule has 1 radical (unpaired) electrons. The third-order valence-corrected chi connectivity index (χ3v) is 3.68. The molecule has 22 heavy (non-hydrogen) atoms. The van der Waals surface area contributed by atoms with Gasteiger partial charge in [-0.25, -0.2) is 0 Å². The molecule has 2 atom stereocenters. The lowest BCUT2D eigenvalue weighted by Gasteiger charge is -2.28. The Labute approximate surface area is 127 Å². The van der Waals surface area contributed by atoms with Crippen LogP contribution in [-0.4, -0.2) is 41.0 Å². The average molecular weight is 305 g/mol. The number of Topliss-reactive ketones (excluding diaryl/α,β-unsaturated/α-hetero) is 1. The Morgan fingerprint density at radius 2 is 2.09 bits per heavy atom. The number of rotatable bonds is 5. The standard InChI is InChI=1S/C15H17N2O5/c1-9-15(14(16)21,12(19)8-22-9)17-13(20)7-4-10-2-5-11(18)6-3-10/h2-3,5-7,9,18H,4,8H2,1H3,(H2,16,21)(H,17,20). The molecule has 0 saturated carbocycles. The van der Waals surface area contributed by atoms with Crippen LogP contribution < -0.4 is 11.1 Å². The van der Waals surface area contributed by atoms with Crippen LogP contribution in [0.15, 0.2) is 24.3 Å². The van der Waals surface area contributed by atoms with Crippen LogP contribution in [0, 0.1) is 6.42 Å². The van der Waals surface area contributed by atoms with Crippen molar-refractivity contribution >= 4 is 17.6 Å². The molecule has 7 nitrogen and oxygen atoms in total. The van der Waals surface area contributed by atoms with E-state index in [0.29, 0.717) is 0 Å². The molecule has 4 N–H and O–H groups in total. The van der Waals surface area contributed by atoms with Crippen LogP contribution in [0.2, 0.25) is 0 Å². The van der Waals surface area contributed by atoms with Gasteiger partial charge in [0.2, 0.25) is 11.4 Å². The first-order valence-electron chi connectivity index (χ1n) is 6.74. The molecule has 1 aliphatic heterocycles. The third-order valence-electron chi connectivity index (χ3n) is 3.68. The highest BCUT2D eigenvalue weighted by molar-refractivity contribution is 6.15. The first kappa shape index (κ1) is 16.0. The number of carbonyl (C=O) groups excluding carboxylic acids is 3. The van der Waals surface area contributed by atoms with Gasteiger partial charge in [0.25, 0.3) is 5.91 Å². The molecule has 0 aromatic heterocycles. The molecule has 1 fully saturated rings. The molecular weight excluding hydrogens is 288 g/mol. The van der Waals surface area contributed by atoms with Gasteiger partial charge in [-0.3, -0.25) is 14.4 Å². The van der Waals surface area contributed by atoms with E-state index in [2.05, 4.69) is 5.32 Å². The summed E-state index contributed by atoms with van der Waals surface area (Å²) in [6.07, 6.45) is 0.767. The normalized spacial score (nSPS) is 24.2. The molecule has 1 heterocycles. The topological polar surface area (TPSA) is 119 Å². The molecule has 1 aromatic rings. The van der Waals surface area contributed by atoms with Gasteiger partial charge in [0, 0.05) is 0 Å². The molecule has 117 valence electrons. The SMILES string of the molecule is CC1OCC(=O)C1(NC(=O)[CH]Cc1ccc(O)cc1)C(N)=O. The quantitative estimate of drug-likeness (QED) is 0.632. The molecular formula is C15H17N2O5. The fourth-order valence-electron chi connectivity index (χ4n) is 2.32. The van der Waals surface area contributed by atoms with Gasteiger partial charge in [-0.1, -0.05) is 12.1 Å². The van der Waals surface area contributed by atoms with E-state index in [1.165, 1.54) is 25.5 Å². The van der Waals surface area contributed by atoms with Crippen LogP contribution in [0.4, 0.5) is 0 Å². The Kier molecular flexibility index (Phi) is 4.46. The number of benzene rings is 1. The Morgan fingerprint density at radius 1 is 1.45 bits per heavy atom. The summed E-state index contributed by atoms with van der Waals surface area (Å²) in [5.41, 5.74) is 4.27. The lowest BCUT2D eigenvalue weighted by molar-refractivity contribution is -0.138. The van der Waals surface area contributed by atoms with Gasteiger partial charge in [0.1, 0.15) is 12.4 Å². The smallest absolute Gasteiger partial charge is 0.253 e. The number of ether oxygens (including phenoxy) is 1. The minimum absolute atomic E-state index is 0.128. The highest BCUT2D eigenvalue weighted by Gasteiger charge is 2.55. The molecule has 0 bridgehead atoms. The van der Waals surface area contributed by atoms with Gasteiger partial charge >= 0.3 is 0 Å². The Morgan fingerprint density at radius 3 is 2.59 bits per heavy atom. The van der Waals surface area contributed by atoms with Crippen molar-refractivity contribution in [2.45, 2.75) is 25.0 Å². The van der Waals surface area contributed by atoms with Crippen LogP contribution in [-0.2, 0) is 25.5 Å². The average Bonchev–Trinajstić information content (AvgIpc) is 2.76. The number of ketones is 1. The van der Waals surface area contributed by atoms with E-state index in [4.69, 9.17) is 10.5 Å². The molecule has 7 heteroatoms. The van der Waals surface area contributed by atoms with Crippen molar-refractivity contribution in [3.63, 3.8) is 0 Å². The zero-order chi connectivity index (χ0) is 16.3. The van der Waals surface area contributed by atoms with Crippen LogP contribution in [0.3, 0.4) is 0 Å². The number of nitrogens with one attached hydrogen (secondary N) is 1. The summed E-state index contributed by atoms with van der Waals surface area (Å²) in [5, 5.41) is 11.6. The van der Waals surface area contributed by atoms with Crippen molar-refractivity contribution in [3.8, 4) is 5.75 Å². The van der Waals surface area contributed by atoms with Crippen molar-refractivity contribution in [1.29, 1.82) is 0 Å². The second-order valence-electron chi connectivity index (χ2n) is 5.11. The Balaban J connectivity index is 2.02. The predicted molar refractivity (Wildman–Crippen MR) is 76.6 cm³/mol. The lowest BCUT2D eigenvalue weighted by Crippen LogP contribution is -2.65. The maximum Gasteiger partial charge on any atom is 0.253 e. The zero-order valence-electron chi connectivity index (χ0n) is 12.0.